The minimum Gasteiger partial charge on any atom is -0.459 e. The maximum Gasteiger partial charge on any atom is 0.134 e. The van der Waals surface area contributed by atoms with Gasteiger partial charge in [0, 0.05) is 16.0 Å². The summed E-state index contributed by atoms with van der Waals surface area (Å²) < 4.78 is 5.85. The van der Waals surface area contributed by atoms with E-state index in [1.165, 1.54) is 4.90 Å². The fourth-order valence-corrected chi connectivity index (χ4v) is 3.05. The van der Waals surface area contributed by atoms with Crippen molar-refractivity contribution in [2.45, 2.75) is 10.9 Å². The first-order chi connectivity index (χ1) is 9.86. The van der Waals surface area contributed by atoms with Crippen molar-refractivity contribution in [2.24, 2.45) is 5.84 Å². The number of fused-ring (bicyclic) bond motifs is 1. The molecular formula is C16H16N2OS. The highest BCUT2D eigenvalue weighted by Gasteiger charge is 2.15. The van der Waals surface area contributed by atoms with Crippen LogP contribution in [0.2, 0.25) is 0 Å². The molecule has 0 aliphatic carbocycles. The smallest absolute Gasteiger partial charge is 0.134 e. The summed E-state index contributed by atoms with van der Waals surface area (Å²) >= 11 is 1.76. The zero-order valence-electron chi connectivity index (χ0n) is 11.0. The molecule has 1 heterocycles. The molecular weight excluding hydrogens is 268 g/mol. The van der Waals surface area contributed by atoms with Crippen molar-refractivity contribution in [3.05, 3.63) is 66.4 Å². The Balaban J connectivity index is 1.75. The van der Waals surface area contributed by atoms with Crippen LogP contribution in [0.15, 0.2) is 70.0 Å². The van der Waals surface area contributed by atoms with E-state index in [1.807, 2.05) is 48.5 Å². The SMILES string of the molecule is NNC(CSc1ccccc1)c1cc2ccccc2o1. The largest absolute Gasteiger partial charge is 0.459 e. The summed E-state index contributed by atoms with van der Waals surface area (Å²) in [6.45, 7) is 0. The van der Waals surface area contributed by atoms with E-state index in [1.54, 1.807) is 11.8 Å². The number of nitrogens with one attached hydrogen (secondary N) is 1. The van der Waals surface area contributed by atoms with Crippen molar-refractivity contribution in [1.29, 1.82) is 0 Å². The fraction of sp³-hybridized carbons (Fsp3) is 0.125. The Kier molecular flexibility index (Phi) is 4.06. The molecule has 0 spiro atoms. The fourth-order valence-electron chi connectivity index (χ4n) is 2.08. The molecule has 3 nitrogen and oxygen atoms in total. The second-order valence-electron chi connectivity index (χ2n) is 4.53. The molecule has 3 N–H and O–H groups in total. The van der Waals surface area contributed by atoms with E-state index in [-0.39, 0.29) is 6.04 Å². The molecule has 0 radical (unpaired) electrons. The first-order valence-corrected chi connectivity index (χ1v) is 7.48. The van der Waals surface area contributed by atoms with Gasteiger partial charge in [0.15, 0.2) is 0 Å². The van der Waals surface area contributed by atoms with Gasteiger partial charge in [0.1, 0.15) is 11.3 Å². The average molecular weight is 284 g/mol. The van der Waals surface area contributed by atoms with Crippen molar-refractivity contribution in [3.63, 3.8) is 0 Å². The van der Waals surface area contributed by atoms with Crippen LogP contribution in [0.3, 0.4) is 0 Å². The van der Waals surface area contributed by atoms with Gasteiger partial charge in [-0.1, -0.05) is 36.4 Å². The lowest BCUT2D eigenvalue weighted by Gasteiger charge is -2.12. The molecule has 4 heteroatoms. The third-order valence-corrected chi connectivity index (χ3v) is 4.25. The number of hydrogen-bond acceptors (Lipinski definition) is 4. The third-order valence-electron chi connectivity index (χ3n) is 3.15. The van der Waals surface area contributed by atoms with Crippen LogP contribution in [0.1, 0.15) is 11.8 Å². The molecule has 0 saturated carbocycles. The Morgan fingerprint density at radius 1 is 1.05 bits per heavy atom. The Bertz CT molecular complexity index is 648. The summed E-state index contributed by atoms with van der Waals surface area (Å²) in [5.74, 6) is 7.36. The van der Waals surface area contributed by atoms with Gasteiger partial charge in [-0.3, -0.25) is 5.84 Å². The molecule has 20 heavy (non-hydrogen) atoms. The Hall–Kier alpha value is -1.75. The van der Waals surface area contributed by atoms with Crippen LogP contribution < -0.4 is 11.3 Å². The summed E-state index contributed by atoms with van der Waals surface area (Å²) in [5.41, 5.74) is 3.73. The summed E-state index contributed by atoms with van der Waals surface area (Å²) in [7, 11) is 0. The zero-order valence-corrected chi connectivity index (χ0v) is 11.8. The lowest BCUT2D eigenvalue weighted by molar-refractivity contribution is 0.464. The minimum atomic E-state index is -0.00685. The second kappa shape index (κ2) is 6.13. The van der Waals surface area contributed by atoms with Crippen LogP contribution in [-0.4, -0.2) is 5.75 Å². The van der Waals surface area contributed by atoms with Crippen LogP contribution in [0.5, 0.6) is 0 Å². The van der Waals surface area contributed by atoms with Gasteiger partial charge < -0.3 is 4.42 Å². The molecule has 1 atom stereocenters. The van der Waals surface area contributed by atoms with Gasteiger partial charge in [0.25, 0.3) is 0 Å². The van der Waals surface area contributed by atoms with Gasteiger partial charge >= 0.3 is 0 Å². The van der Waals surface area contributed by atoms with E-state index in [2.05, 4.69) is 17.6 Å². The minimum absolute atomic E-state index is 0.00685. The Labute approximate surface area is 122 Å². The number of thioether (sulfide) groups is 1. The van der Waals surface area contributed by atoms with Crippen molar-refractivity contribution >= 4 is 22.7 Å². The van der Waals surface area contributed by atoms with E-state index in [0.717, 1.165) is 22.5 Å². The van der Waals surface area contributed by atoms with E-state index < -0.39 is 0 Å². The van der Waals surface area contributed by atoms with E-state index in [9.17, 15) is 0 Å². The molecule has 3 rings (SSSR count). The zero-order chi connectivity index (χ0) is 13.8. The standard InChI is InChI=1S/C16H16N2OS/c17-18-14(11-20-13-7-2-1-3-8-13)16-10-12-6-4-5-9-15(12)19-16/h1-10,14,18H,11,17H2. The van der Waals surface area contributed by atoms with Gasteiger partial charge in [-0.25, -0.2) is 5.43 Å². The number of para-hydroxylation sites is 1. The normalized spacial score (nSPS) is 12.7. The quantitative estimate of drug-likeness (QED) is 0.426. The topological polar surface area (TPSA) is 51.2 Å². The maximum absolute atomic E-state index is 5.85. The van der Waals surface area contributed by atoms with Gasteiger partial charge in [0.05, 0.1) is 6.04 Å². The number of benzene rings is 2. The van der Waals surface area contributed by atoms with Gasteiger partial charge in [-0.15, -0.1) is 11.8 Å². The number of furan rings is 1. The summed E-state index contributed by atoms with van der Waals surface area (Å²) in [4.78, 5) is 1.23. The molecule has 0 aliphatic rings. The molecule has 0 bridgehead atoms. The molecule has 2 aromatic carbocycles. The maximum atomic E-state index is 5.85. The van der Waals surface area contributed by atoms with Crippen LogP contribution >= 0.6 is 11.8 Å². The van der Waals surface area contributed by atoms with Crippen LogP contribution in [0.25, 0.3) is 11.0 Å². The van der Waals surface area contributed by atoms with Crippen LogP contribution in [-0.2, 0) is 0 Å². The van der Waals surface area contributed by atoms with Gasteiger partial charge in [-0.05, 0) is 24.3 Å². The van der Waals surface area contributed by atoms with Crippen LogP contribution in [0, 0.1) is 0 Å². The number of hydrogen-bond donors (Lipinski definition) is 2. The summed E-state index contributed by atoms with van der Waals surface area (Å²) in [6.07, 6.45) is 0. The van der Waals surface area contributed by atoms with E-state index in [4.69, 9.17) is 10.3 Å². The summed E-state index contributed by atoms with van der Waals surface area (Å²) in [6, 6.07) is 20.3. The Morgan fingerprint density at radius 3 is 2.55 bits per heavy atom. The molecule has 0 amide bonds. The number of rotatable bonds is 5. The molecule has 1 unspecified atom stereocenters. The van der Waals surface area contributed by atoms with Crippen molar-refractivity contribution < 1.29 is 4.42 Å². The van der Waals surface area contributed by atoms with Crippen molar-refractivity contribution in [3.8, 4) is 0 Å². The highest BCUT2D eigenvalue weighted by molar-refractivity contribution is 7.99. The lowest BCUT2D eigenvalue weighted by Crippen LogP contribution is -2.29. The first kappa shape index (κ1) is 13.2. The van der Waals surface area contributed by atoms with Crippen molar-refractivity contribution in [1.82, 2.24) is 5.43 Å². The number of nitrogens with two attached hydrogens (primary N) is 1. The molecule has 0 aliphatic heterocycles. The first-order valence-electron chi connectivity index (χ1n) is 6.49. The lowest BCUT2D eigenvalue weighted by atomic mass is 10.2. The van der Waals surface area contributed by atoms with Gasteiger partial charge in [0.2, 0.25) is 0 Å². The molecule has 1 aromatic heterocycles. The molecule has 0 saturated heterocycles. The highest BCUT2D eigenvalue weighted by atomic mass is 32.2. The average Bonchev–Trinajstić information content (AvgIpc) is 2.92. The summed E-state index contributed by atoms with van der Waals surface area (Å²) in [5, 5.41) is 1.10. The third kappa shape index (κ3) is 2.88. The Morgan fingerprint density at radius 2 is 1.80 bits per heavy atom. The second-order valence-corrected chi connectivity index (χ2v) is 5.62. The van der Waals surface area contributed by atoms with Crippen molar-refractivity contribution in [2.75, 3.05) is 5.75 Å². The van der Waals surface area contributed by atoms with E-state index >= 15 is 0 Å². The van der Waals surface area contributed by atoms with E-state index in [0.29, 0.717) is 0 Å². The monoisotopic (exact) mass is 284 g/mol. The number of hydrazine groups is 1. The predicted molar refractivity (Wildman–Crippen MR) is 83.4 cm³/mol. The molecule has 3 aromatic rings. The molecule has 0 fully saturated rings. The predicted octanol–water partition coefficient (Wildman–Crippen LogP) is 3.73. The van der Waals surface area contributed by atoms with Gasteiger partial charge in [-0.2, -0.15) is 0 Å². The molecule has 102 valence electrons. The highest BCUT2D eigenvalue weighted by Crippen LogP contribution is 2.28. The van der Waals surface area contributed by atoms with Crippen LogP contribution in [0.4, 0.5) is 0 Å².